The Morgan fingerprint density at radius 3 is 2.75 bits per heavy atom. The Labute approximate surface area is 50.7 Å². The molecule has 2 N–H and O–H groups in total. The van der Waals surface area contributed by atoms with Crippen molar-refractivity contribution in [3.05, 3.63) is 0 Å². The van der Waals surface area contributed by atoms with Gasteiger partial charge < -0.3 is 10.6 Å². The molecule has 0 bridgehead atoms. The normalized spacial score (nSPS) is 31.5. The zero-order valence-electron chi connectivity index (χ0n) is 5.43. The van der Waals surface area contributed by atoms with Crippen LogP contribution in [0.3, 0.4) is 0 Å². The first-order chi connectivity index (χ1) is 3.83. The Morgan fingerprint density at radius 1 is 1.75 bits per heavy atom. The lowest BCUT2D eigenvalue weighted by atomic mass is 10.1. The molecule has 0 unspecified atom stereocenters. The molecule has 2 nitrogen and oxygen atoms in total. The molecule has 0 saturated carbocycles. The number of hydrogen-bond donors (Lipinski definition) is 1. The van der Waals surface area contributed by atoms with E-state index in [-0.39, 0.29) is 0 Å². The average Bonchev–Trinajstić information content (AvgIpc) is 2.14. The third-order valence-corrected chi connectivity index (χ3v) is 1.82. The van der Waals surface area contributed by atoms with E-state index < -0.39 is 0 Å². The zero-order chi connectivity index (χ0) is 5.98. The quantitative estimate of drug-likeness (QED) is 0.515. The first-order valence-electron chi connectivity index (χ1n) is 3.21. The Bertz CT molecular complexity index is 72.9. The molecule has 1 aliphatic rings. The Kier molecular flexibility index (Phi) is 1.86. The fourth-order valence-electron chi connectivity index (χ4n) is 1.22. The van der Waals surface area contributed by atoms with Crippen molar-refractivity contribution in [3.8, 4) is 0 Å². The van der Waals surface area contributed by atoms with Crippen LogP contribution in [-0.2, 0) is 0 Å². The molecule has 1 heterocycles. The molecule has 1 rings (SSSR count). The van der Waals surface area contributed by atoms with Gasteiger partial charge in [0.05, 0.1) is 0 Å². The highest BCUT2D eigenvalue weighted by Gasteiger charge is 2.16. The van der Waals surface area contributed by atoms with Crippen LogP contribution in [0.5, 0.6) is 0 Å². The third-order valence-electron chi connectivity index (χ3n) is 1.82. The molecule has 1 saturated heterocycles. The average molecular weight is 114 g/mol. The third kappa shape index (κ3) is 1.20. The zero-order valence-corrected chi connectivity index (χ0v) is 5.43. The van der Waals surface area contributed by atoms with E-state index in [9.17, 15) is 0 Å². The van der Waals surface area contributed by atoms with Crippen molar-refractivity contribution in [2.24, 2.45) is 11.7 Å². The van der Waals surface area contributed by atoms with Gasteiger partial charge in [0.25, 0.3) is 0 Å². The molecular weight excluding hydrogens is 100 g/mol. The molecule has 1 atom stereocenters. The van der Waals surface area contributed by atoms with Crippen LogP contribution in [0.4, 0.5) is 0 Å². The molecule has 0 amide bonds. The van der Waals surface area contributed by atoms with E-state index in [1.54, 1.807) is 0 Å². The van der Waals surface area contributed by atoms with E-state index in [0.717, 1.165) is 12.5 Å². The van der Waals surface area contributed by atoms with Crippen LogP contribution in [0.1, 0.15) is 6.42 Å². The highest BCUT2D eigenvalue weighted by atomic mass is 15.1. The highest BCUT2D eigenvalue weighted by Crippen LogP contribution is 2.11. The van der Waals surface area contributed by atoms with E-state index in [1.165, 1.54) is 19.5 Å². The van der Waals surface area contributed by atoms with Gasteiger partial charge in [0.15, 0.2) is 0 Å². The van der Waals surface area contributed by atoms with Crippen molar-refractivity contribution in [3.63, 3.8) is 0 Å². The van der Waals surface area contributed by atoms with Crippen LogP contribution >= 0.6 is 0 Å². The summed E-state index contributed by atoms with van der Waals surface area (Å²) in [6.45, 7) is 3.31. The van der Waals surface area contributed by atoms with Crippen molar-refractivity contribution in [1.82, 2.24) is 4.90 Å². The maximum absolute atomic E-state index is 5.47. The molecule has 0 radical (unpaired) electrons. The van der Waals surface area contributed by atoms with E-state index in [2.05, 4.69) is 11.9 Å². The molecule has 0 aromatic heterocycles. The summed E-state index contributed by atoms with van der Waals surface area (Å²) >= 11 is 0. The highest BCUT2D eigenvalue weighted by molar-refractivity contribution is 4.72. The van der Waals surface area contributed by atoms with Crippen molar-refractivity contribution >= 4 is 0 Å². The minimum Gasteiger partial charge on any atom is -0.330 e. The molecule has 48 valence electrons. The van der Waals surface area contributed by atoms with Gasteiger partial charge in [0, 0.05) is 6.54 Å². The Hall–Kier alpha value is -0.0800. The summed E-state index contributed by atoms with van der Waals surface area (Å²) in [6, 6.07) is 0. The second kappa shape index (κ2) is 2.46. The van der Waals surface area contributed by atoms with E-state index in [0.29, 0.717) is 0 Å². The van der Waals surface area contributed by atoms with Gasteiger partial charge >= 0.3 is 0 Å². The lowest BCUT2D eigenvalue weighted by molar-refractivity contribution is 0.397. The van der Waals surface area contributed by atoms with Crippen LogP contribution in [0.2, 0.25) is 0 Å². The van der Waals surface area contributed by atoms with Gasteiger partial charge in [-0.15, -0.1) is 0 Å². The smallest absolute Gasteiger partial charge is 0.00191 e. The fourth-order valence-corrected chi connectivity index (χ4v) is 1.22. The number of nitrogens with zero attached hydrogens (tertiary/aromatic N) is 1. The van der Waals surface area contributed by atoms with Gasteiger partial charge in [0.1, 0.15) is 0 Å². The van der Waals surface area contributed by atoms with Gasteiger partial charge in [-0.2, -0.15) is 0 Å². The summed E-state index contributed by atoms with van der Waals surface area (Å²) in [4.78, 5) is 2.33. The minimum atomic E-state index is 0.778. The molecule has 2 heteroatoms. The summed E-state index contributed by atoms with van der Waals surface area (Å²) in [7, 11) is 2.15. The van der Waals surface area contributed by atoms with Crippen molar-refractivity contribution in [2.45, 2.75) is 6.42 Å². The molecule has 1 aliphatic heterocycles. The monoisotopic (exact) mass is 114 g/mol. The van der Waals surface area contributed by atoms with Crippen LogP contribution < -0.4 is 5.73 Å². The predicted molar refractivity (Wildman–Crippen MR) is 34.7 cm³/mol. The van der Waals surface area contributed by atoms with Crippen LogP contribution in [-0.4, -0.2) is 31.6 Å². The summed E-state index contributed by atoms with van der Waals surface area (Å²) in [6.07, 6.45) is 1.30. The molecule has 8 heavy (non-hydrogen) atoms. The lowest BCUT2D eigenvalue weighted by Gasteiger charge is -2.05. The van der Waals surface area contributed by atoms with Crippen molar-refractivity contribution < 1.29 is 0 Å². The SMILES string of the molecule is CN1CC[C@@H](CN)C1. The van der Waals surface area contributed by atoms with Gasteiger partial charge in [-0.05, 0) is 32.5 Å². The first kappa shape index (κ1) is 6.05. The second-order valence-electron chi connectivity index (χ2n) is 2.65. The first-order valence-corrected chi connectivity index (χ1v) is 3.21. The summed E-state index contributed by atoms with van der Waals surface area (Å²) < 4.78 is 0. The van der Waals surface area contributed by atoms with Crippen LogP contribution in [0.15, 0.2) is 0 Å². The number of nitrogens with two attached hydrogens (primary N) is 1. The fraction of sp³-hybridized carbons (Fsp3) is 1.00. The largest absolute Gasteiger partial charge is 0.330 e. The number of likely N-dealkylation sites (tertiary alicyclic amines) is 1. The van der Waals surface area contributed by atoms with Gasteiger partial charge in [-0.3, -0.25) is 0 Å². The summed E-state index contributed by atoms with van der Waals surface area (Å²) in [5.41, 5.74) is 5.47. The van der Waals surface area contributed by atoms with E-state index >= 15 is 0 Å². The Morgan fingerprint density at radius 2 is 2.50 bits per heavy atom. The van der Waals surface area contributed by atoms with Gasteiger partial charge in [-0.25, -0.2) is 0 Å². The van der Waals surface area contributed by atoms with Gasteiger partial charge in [-0.1, -0.05) is 0 Å². The topological polar surface area (TPSA) is 29.3 Å². The summed E-state index contributed by atoms with van der Waals surface area (Å²) in [5, 5.41) is 0. The van der Waals surface area contributed by atoms with Gasteiger partial charge in [0.2, 0.25) is 0 Å². The van der Waals surface area contributed by atoms with E-state index in [4.69, 9.17) is 5.73 Å². The summed E-state index contributed by atoms with van der Waals surface area (Å²) in [5.74, 6) is 0.778. The van der Waals surface area contributed by atoms with Crippen molar-refractivity contribution in [1.29, 1.82) is 0 Å². The molecule has 0 aliphatic carbocycles. The number of hydrogen-bond acceptors (Lipinski definition) is 2. The molecule has 1 fully saturated rings. The molecule has 0 spiro atoms. The Balaban J connectivity index is 2.22. The maximum Gasteiger partial charge on any atom is 0.00191 e. The van der Waals surface area contributed by atoms with Crippen LogP contribution in [0.25, 0.3) is 0 Å². The standard InChI is InChI=1S/C6H14N2/c1-8-3-2-6(4-7)5-8/h6H,2-5,7H2,1H3/t6-/m0/s1. The molecule has 0 aromatic carbocycles. The molecule has 0 aromatic rings. The molecular formula is C6H14N2. The maximum atomic E-state index is 5.47. The van der Waals surface area contributed by atoms with Crippen LogP contribution in [0, 0.1) is 5.92 Å². The number of rotatable bonds is 1. The lowest BCUT2D eigenvalue weighted by Crippen LogP contribution is -2.18. The predicted octanol–water partition coefficient (Wildman–Crippen LogP) is -0.103. The second-order valence-corrected chi connectivity index (χ2v) is 2.65. The minimum absolute atomic E-state index is 0.778. The van der Waals surface area contributed by atoms with Crippen molar-refractivity contribution in [2.75, 3.05) is 26.7 Å². The van der Waals surface area contributed by atoms with E-state index in [1.807, 2.05) is 0 Å².